The minimum Gasteiger partial charge on any atom is -0.395 e. The highest BCUT2D eigenvalue weighted by molar-refractivity contribution is 4.94. The van der Waals surface area contributed by atoms with Crippen LogP contribution in [0.2, 0.25) is 0 Å². The molecule has 0 aromatic carbocycles. The third-order valence-corrected chi connectivity index (χ3v) is 3.30. The van der Waals surface area contributed by atoms with E-state index in [1.54, 1.807) is 0 Å². The highest BCUT2D eigenvalue weighted by Crippen LogP contribution is 2.12. The molecule has 18 heavy (non-hydrogen) atoms. The maximum absolute atomic E-state index is 8.94. The Morgan fingerprint density at radius 3 is 2.72 bits per heavy atom. The second-order valence-electron chi connectivity index (χ2n) is 4.86. The fourth-order valence-electron chi connectivity index (χ4n) is 2.20. The Bertz CT molecular complexity index is 251. The number of nitrogens with one attached hydrogen (secondary N) is 1. The summed E-state index contributed by atoms with van der Waals surface area (Å²) >= 11 is 0. The number of rotatable bonds is 10. The van der Waals surface area contributed by atoms with Gasteiger partial charge in [0.15, 0.2) is 0 Å². The minimum atomic E-state index is 0.225. The SMILES string of the molecule is CCCC/C=C/CCCCC1NC=CN1CCO. The Balaban J connectivity index is 1.99. The van der Waals surface area contributed by atoms with Crippen LogP contribution in [0, 0.1) is 0 Å². The number of allylic oxidation sites excluding steroid dienone is 2. The summed E-state index contributed by atoms with van der Waals surface area (Å²) in [5.41, 5.74) is 0. The molecule has 0 fully saturated rings. The van der Waals surface area contributed by atoms with Crippen LogP contribution >= 0.6 is 0 Å². The Kier molecular flexibility index (Phi) is 8.40. The van der Waals surface area contributed by atoms with Crippen molar-refractivity contribution in [1.82, 2.24) is 10.2 Å². The van der Waals surface area contributed by atoms with Crippen LogP contribution < -0.4 is 5.32 Å². The first-order valence-corrected chi connectivity index (χ1v) is 7.32. The van der Waals surface area contributed by atoms with Gasteiger partial charge in [0.2, 0.25) is 0 Å². The van der Waals surface area contributed by atoms with Crippen molar-refractivity contribution in [3.63, 3.8) is 0 Å². The zero-order valence-electron chi connectivity index (χ0n) is 11.6. The van der Waals surface area contributed by atoms with Crippen LogP contribution in [-0.4, -0.2) is 29.3 Å². The molecular weight excluding hydrogens is 224 g/mol. The largest absolute Gasteiger partial charge is 0.395 e. The standard InChI is InChI=1S/C15H28N2O/c1-2-3-4-5-6-7-8-9-10-15-16-11-12-17(15)13-14-18/h5-6,11-12,15-16,18H,2-4,7-10,13-14H2,1H3/b6-5+. The van der Waals surface area contributed by atoms with E-state index in [4.69, 9.17) is 5.11 Å². The molecule has 0 aromatic heterocycles. The first kappa shape index (κ1) is 15.1. The van der Waals surface area contributed by atoms with Gasteiger partial charge in [-0.05, 0) is 32.1 Å². The molecule has 0 bridgehead atoms. The van der Waals surface area contributed by atoms with Crippen molar-refractivity contribution in [3.05, 3.63) is 24.6 Å². The smallest absolute Gasteiger partial charge is 0.0982 e. The van der Waals surface area contributed by atoms with Crippen LogP contribution in [-0.2, 0) is 0 Å². The Morgan fingerprint density at radius 2 is 2.00 bits per heavy atom. The van der Waals surface area contributed by atoms with E-state index in [2.05, 4.69) is 29.3 Å². The van der Waals surface area contributed by atoms with Crippen molar-refractivity contribution in [2.24, 2.45) is 0 Å². The van der Waals surface area contributed by atoms with Crippen molar-refractivity contribution in [2.75, 3.05) is 13.2 Å². The zero-order valence-corrected chi connectivity index (χ0v) is 11.6. The first-order valence-electron chi connectivity index (χ1n) is 7.32. The number of aliphatic hydroxyl groups is 1. The number of aliphatic hydroxyl groups excluding tert-OH is 1. The van der Waals surface area contributed by atoms with Crippen LogP contribution in [0.3, 0.4) is 0 Å². The highest BCUT2D eigenvalue weighted by Gasteiger charge is 2.16. The summed E-state index contributed by atoms with van der Waals surface area (Å²) in [5.74, 6) is 0. The summed E-state index contributed by atoms with van der Waals surface area (Å²) in [5, 5.41) is 12.3. The van der Waals surface area contributed by atoms with E-state index in [0.717, 1.165) is 13.0 Å². The summed E-state index contributed by atoms with van der Waals surface area (Å²) in [6.07, 6.45) is 17.7. The molecule has 0 radical (unpaired) electrons. The van der Waals surface area contributed by atoms with Crippen molar-refractivity contribution >= 4 is 0 Å². The second-order valence-corrected chi connectivity index (χ2v) is 4.86. The van der Waals surface area contributed by atoms with E-state index in [1.807, 2.05) is 12.4 Å². The van der Waals surface area contributed by atoms with Crippen LogP contribution in [0.15, 0.2) is 24.6 Å². The van der Waals surface area contributed by atoms with E-state index in [9.17, 15) is 0 Å². The van der Waals surface area contributed by atoms with E-state index < -0.39 is 0 Å². The van der Waals surface area contributed by atoms with E-state index in [-0.39, 0.29) is 6.61 Å². The lowest BCUT2D eigenvalue weighted by Crippen LogP contribution is -2.36. The molecule has 104 valence electrons. The van der Waals surface area contributed by atoms with Gasteiger partial charge in [-0.2, -0.15) is 0 Å². The lowest BCUT2D eigenvalue weighted by Gasteiger charge is -2.24. The summed E-state index contributed by atoms with van der Waals surface area (Å²) in [7, 11) is 0. The van der Waals surface area contributed by atoms with Gasteiger partial charge >= 0.3 is 0 Å². The Morgan fingerprint density at radius 1 is 1.22 bits per heavy atom. The third kappa shape index (κ3) is 6.10. The monoisotopic (exact) mass is 252 g/mol. The average Bonchev–Trinajstić information content (AvgIpc) is 2.81. The van der Waals surface area contributed by atoms with Crippen LogP contribution in [0.5, 0.6) is 0 Å². The molecule has 1 heterocycles. The summed E-state index contributed by atoms with van der Waals surface area (Å²) in [4.78, 5) is 2.18. The molecule has 2 N–H and O–H groups in total. The van der Waals surface area contributed by atoms with Gasteiger partial charge in [-0.25, -0.2) is 0 Å². The summed E-state index contributed by atoms with van der Waals surface area (Å²) < 4.78 is 0. The fraction of sp³-hybridized carbons (Fsp3) is 0.733. The Labute approximate surface area is 112 Å². The van der Waals surface area contributed by atoms with Crippen molar-refractivity contribution in [3.8, 4) is 0 Å². The molecule has 0 amide bonds. The summed E-state index contributed by atoms with van der Waals surface area (Å²) in [6, 6.07) is 0. The maximum Gasteiger partial charge on any atom is 0.0982 e. The number of hydrogen-bond acceptors (Lipinski definition) is 3. The van der Waals surface area contributed by atoms with Crippen LogP contribution in [0.1, 0.15) is 51.9 Å². The van der Waals surface area contributed by atoms with E-state index in [0.29, 0.717) is 6.17 Å². The number of hydrogen-bond donors (Lipinski definition) is 2. The van der Waals surface area contributed by atoms with Gasteiger partial charge in [0, 0.05) is 18.9 Å². The number of β-amino-alcohol motifs (C(OH)–C–C–N with tert-alkyl or cyclic N) is 1. The molecule has 3 nitrogen and oxygen atoms in total. The van der Waals surface area contributed by atoms with Crippen LogP contribution in [0.4, 0.5) is 0 Å². The topological polar surface area (TPSA) is 35.5 Å². The van der Waals surface area contributed by atoms with Gasteiger partial charge in [-0.3, -0.25) is 0 Å². The zero-order chi connectivity index (χ0) is 13.1. The predicted molar refractivity (Wildman–Crippen MR) is 77.0 cm³/mol. The average molecular weight is 252 g/mol. The number of unbranched alkanes of at least 4 members (excludes halogenated alkanes) is 4. The van der Waals surface area contributed by atoms with Gasteiger partial charge in [0.05, 0.1) is 12.8 Å². The predicted octanol–water partition coefficient (Wildman–Crippen LogP) is 2.99. The molecule has 1 aliphatic rings. The molecule has 0 aliphatic carbocycles. The molecule has 0 aromatic rings. The van der Waals surface area contributed by atoms with Crippen molar-refractivity contribution < 1.29 is 5.11 Å². The lowest BCUT2D eigenvalue weighted by atomic mass is 10.1. The first-order chi connectivity index (χ1) is 8.88. The maximum atomic E-state index is 8.94. The van der Waals surface area contributed by atoms with E-state index in [1.165, 1.54) is 38.5 Å². The summed E-state index contributed by atoms with van der Waals surface area (Å²) in [6.45, 7) is 3.18. The van der Waals surface area contributed by atoms with Crippen molar-refractivity contribution in [1.29, 1.82) is 0 Å². The van der Waals surface area contributed by atoms with Gasteiger partial charge in [-0.1, -0.05) is 31.9 Å². The molecular formula is C15H28N2O. The lowest BCUT2D eigenvalue weighted by molar-refractivity contribution is 0.194. The second kappa shape index (κ2) is 10.0. The minimum absolute atomic E-state index is 0.225. The Hall–Kier alpha value is -0.960. The highest BCUT2D eigenvalue weighted by atomic mass is 16.3. The van der Waals surface area contributed by atoms with Gasteiger partial charge in [0.1, 0.15) is 0 Å². The fourth-order valence-corrected chi connectivity index (χ4v) is 2.20. The molecule has 1 unspecified atom stereocenters. The molecule has 1 aliphatic heterocycles. The van der Waals surface area contributed by atoms with Crippen molar-refractivity contribution in [2.45, 2.75) is 58.0 Å². The molecule has 1 rings (SSSR count). The molecule has 1 atom stereocenters. The molecule has 0 saturated heterocycles. The quantitative estimate of drug-likeness (QED) is 0.463. The third-order valence-electron chi connectivity index (χ3n) is 3.30. The van der Waals surface area contributed by atoms with Gasteiger partial charge < -0.3 is 15.3 Å². The van der Waals surface area contributed by atoms with Gasteiger partial charge in [0.25, 0.3) is 0 Å². The van der Waals surface area contributed by atoms with Gasteiger partial charge in [-0.15, -0.1) is 0 Å². The molecule has 0 saturated carbocycles. The van der Waals surface area contributed by atoms with E-state index >= 15 is 0 Å². The molecule has 3 heteroatoms. The normalized spacial score (nSPS) is 18.8. The number of nitrogens with zero attached hydrogens (tertiary/aromatic N) is 1. The molecule has 0 spiro atoms. The van der Waals surface area contributed by atoms with Crippen LogP contribution in [0.25, 0.3) is 0 Å².